The van der Waals surface area contributed by atoms with Crippen molar-refractivity contribution in [3.63, 3.8) is 0 Å². The summed E-state index contributed by atoms with van der Waals surface area (Å²) in [7, 11) is 1.63. The van der Waals surface area contributed by atoms with E-state index in [9.17, 15) is 0 Å². The Morgan fingerprint density at radius 1 is 1.35 bits per heavy atom. The van der Waals surface area contributed by atoms with E-state index in [1.54, 1.807) is 13.3 Å². The maximum Gasteiger partial charge on any atom is 0.187 e. The third-order valence-electron chi connectivity index (χ3n) is 3.82. The summed E-state index contributed by atoms with van der Waals surface area (Å²) in [4.78, 5) is 0. The van der Waals surface area contributed by atoms with Crippen molar-refractivity contribution in [3.8, 4) is 11.5 Å². The minimum Gasteiger partial charge on any atom is -0.496 e. The normalized spacial score (nSPS) is 15.4. The van der Waals surface area contributed by atoms with Gasteiger partial charge >= 0.3 is 0 Å². The highest BCUT2D eigenvalue weighted by molar-refractivity contribution is 7.80. The molecule has 1 aromatic carbocycles. The van der Waals surface area contributed by atoms with Crippen molar-refractivity contribution in [3.05, 3.63) is 23.8 Å². The van der Waals surface area contributed by atoms with Crippen LogP contribution < -0.4 is 20.2 Å². The number of nitrogens with zero attached hydrogens (tertiary/aromatic N) is 1. The summed E-state index contributed by atoms with van der Waals surface area (Å²) in [5, 5.41) is 8.08. The number of hydrogen-bond donors (Lipinski definition) is 2. The topological polar surface area (TPSA) is 54.9 Å². The van der Waals surface area contributed by atoms with Crippen LogP contribution >= 0.6 is 12.2 Å². The maximum absolute atomic E-state index is 5.50. The summed E-state index contributed by atoms with van der Waals surface area (Å²) in [6, 6.07) is 6.10. The van der Waals surface area contributed by atoms with Gasteiger partial charge in [-0.05, 0) is 50.2 Å². The van der Waals surface area contributed by atoms with Crippen molar-refractivity contribution < 1.29 is 9.47 Å². The Bertz CT molecular complexity index is 543. The van der Waals surface area contributed by atoms with Gasteiger partial charge in [-0.3, -0.25) is 5.43 Å². The molecule has 0 bridgehead atoms. The van der Waals surface area contributed by atoms with E-state index in [2.05, 4.69) is 15.8 Å². The smallest absolute Gasteiger partial charge is 0.187 e. The largest absolute Gasteiger partial charge is 0.496 e. The fraction of sp³-hybridized carbons (Fsp3) is 0.529. The Morgan fingerprint density at radius 3 is 2.83 bits per heavy atom. The SMILES string of the molecule is CCOc1ccc(OC)c(/C=N\NC(=S)NC2CCCCC2)c1. The molecule has 0 amide bonds. The third kappa shape index (κ3) is 5.71. The van der Waals surface area contributed by atoms with Gasteiger partial charge in [-0.25, -0.2) is 0 Å². The Hall–Kier alpha value is -1.82. The molecule has 0 unspecified atom stereocenters. The van der Waals surface area contributed by atoms with Gasteiger partial charge < -0.3 is 14.8 Å². The maximum atomic E-state index is 5.50. The highest BCUT2D eigenvalue weighted by Crippen LogP contribution is 2.22. The van der Waals surface area contributed by atoms with Crippen LogP contribution in [-0.2, 0) is 0 Å². The summed E-state index contributed by atoms with van der Waals surface area (Å²) < 4.78 is 10.8. The van der Waals surface area contributed by atoms with Crippen molar-refractivity contribution in [1.82, 2.24) is 10.7 Å². The van der Waals surface area contributed by atoms with Crippen molar-refractivity contribution in [2.45, 2.75) is 45.1 Å². The van der Waals surface area contributed by atoms with Crippen molar-refractivity contribution in [1.29, 1.82) is 0 Å². The number of hydrogen-bond acceptors (Lipinski definition) is 4. The second kappa shape index (κ2) is 9.35. The lowest BCUT2D eigenvalue weighted by Crippen LogP contribution is -2.40. The van der Waals surface area contributed by atoms with Crippen LogP contribution in [-0.4, -0.2) is 31.1 Å². The third-order valence-corrected chi connectivity index (χ3v) is 4.03. The Labute approximate surface area is 143 Å². The monoisotopic (exact) mass is 335 g/mol. The number of thiocarbonyl (C=S) groups is 1. The molecule has 126 valence electrons. The van der Waals surface area contributed by atoms with E-state index >= 15 is 0 Å². The van der Waals surface area contributed by atoms with Gasteiger partial charge in [0.1, 0.15) is 11.5 Å². The van der Waals surface area contributed by atoms with Crippen LogP contribution in [0.1, 0.15) is 44.6 Å². The standard InChI is InChI=1S/C17H25N3O2S/c1-3-22-15-9-10-16(21-2)13(11-15)12-18-20-17(23)19-14-7-5-4-6-8-14/h9-12,14H,3-8H2,1-2H3,(H2,19,20,23)/b18-12-. The molecule has 0 saturated heterocycles. The predicted molar refractivity (Wildman–Crippen MR) is 97.5 cm³/mol. The van der Waals surface area contributed by atoms with E-state index in [0.29, 0.717) is 17.8 Å². The van der Waals surface area contributed by atoms with E-state index in [1.165, 1.54) is 32.1 Å². The van der Waals surface area contributed by atoms with Gasteiger partial charge in [0.15, 0.2) is 5.11 Å². The lowest BCUT2D eigenvalue weighted by Gasteiger charge is -2.23. The average molecular weight is 335 g/mol. The van der Waals surface area contributed by atoms with E-state index in [-0.39, 0.29) is 0 Å². The lowest BCUT2D eigenvalue weighted by molar-refractivity contribution is 0.339. The minimum absolute atomic E-state index is 0.467. The molecule has 0 aliphatic heterocycles. The Kier molecular flexibility index (Phi) is 7.13. The molecule has 1 fully saturated rings. The average Bonchev–Trinajstić information content (AvgIpc) is 2.56. The fourth-order valence-electron chi connectivity index (χ4n) is 2.69. The number of hydrazone groups is 1. The van der Waals surface area contributed by atoms with Crippen molar-refractivity contribution in [2.24, 2.45) is 5.10 Å². The molecule has 1 aliphatic carbocycles. The first-order valence-electron chi connectivity index (χ1n) is 8.13. The quantitative estimate of drug-likeness (QED) is 0.475. The van der Waals surface area contributed by atoms with Crippen LogP contribution in [0.2, 0.25) is 0 Å². The highest BCUT2D eigenvalue weighted by Gasteiger charge is 2.13. The highest BCUT2D eigenvalue weighted by atomic mass is 32.1. The van der Waals surface area contributed by atoms with Crippen LogP contribution in [0.25, 0.3) is 0 Å². The summed E-state index contributed by atoms with van der Waals surface area (Å²) in [5.41, 5.74) is 3.71. The second-order valence-corrected chi connectivity index (χ2v) is 5.92. The van der Waals surface area contributed by atoms with Crippen molar-refractivity contribution in [2.75, 3.05) is 13.7 Å². The second-order valence-electron chi connectivity index (χ2n) is 5.52. The number of ether oxygens (including phenoxy) is 2. The minimum atomic E-state index is 0.467. The van der Waals surface area contributed by atoms with E-state index in [1.807, 2.05) is 25.1 Å². The molecule has 0 radical (unpaired) electrons. The Morgan fingerprint density at radius 2 is 2.13 bits per heavy atom. The molecule has 1 aliphatic rings. The van der Waals surface area contributed by atoms with Gasteiger partial charge in [0, 0.05) is 11.6 Å². The van der Waals surface area contributed by atoms with Gasteiger partial charge in [-0.15, -0.1) is 0 Å². The van der Waals surface area contributed by atoms with Crippen LogP contribution in [0.15, 0.2) is 23.3 Å². The number of benzene rings is 1. The lowest BCUT2D eigenvalue weighted by atomic mass is 9.96. The summed E-state index contributed by atoms with van der Waals surface area (Å²) in [6.07, 6.45) is 7.91. The van der Waals surface area contributed by atoms with Crippen LogP contribution in [0.5, 0.6) is 11.5 Å². The molecule has 1 aromatic rings. The summed E-state index contributed by atoms with van der Waals surface area (Å²) in [6.45, 7) is 2.57. The number of methoxy groups -OCH3 is 1. The molecule has 2 N–H and O–H groups in total. The number of rotatable bonds is 6. The van der Waals surface area contributed by atoms with Gasteiger partial charge in [-0.2, -0.15) is 5.10 Å². The molecule has 1 saturated carbocycles. The molecule has 5 nitrogen and oxygen atoms in total. The first-order valence-corrected chi connectivity index (χ1v) is 8.54. The van der Waals surface area contributed by atoms with Gasteiger partial charge in [0.2, 0.25) is 0 Å². The molecule has 6 heteroatoms. The zero-order valence-electron chi connectivity index (χ0n) is 13.8. The zero-order chi connectivity index (χ0) is 16.5. The molecule has 23 heavy (non-hydrogen) atoms. The first kappa shape index (κ1) is 17.5. The number of nitrogens with one attached hydrogen (secondary N) is 2. The van der Waals surface area contributed by atoms with Crippen LogP contribution in [0.3, 0.4) is 0 Å². The molecule has 0 atom stereocenters. The van der Waals surface area contributed by atoms with Gasteiger partial charge in [0.05, 0.1) is 19.9 Å². The summed E-state index contributed by atoms with van der Waals surface area (Å²) >= 11 is 5.29. The molecule has 0 spiro atoms. The zero-order valence-corrected chi connectivity index (χ0v) is 14.6. The predicted octanol–water partition coefficient (Wildman–Crippen LogP) is 3.22. The molecule has 0 aromatic heterocycles. The van der Waals surface area contributed by atoms with Crippen molar-refractivity contribution >= 4 is 23.5 Å². The summed E-state index contributed by atoms with van der Waals surface area (Å²) in [5.74, 6) is 1.53. The van der Waals surface area contributed by atoms with E-state index in [4.69, 9.17) is 21.7 Å². The van der Waals surface area contributed by atoms with Crippen LogP contribution in [0.4, 0.5) is 0 Å². The molecule has 0 heterocycles. The van der Waals surface area contributed by atoms with Gasteiger partial charge in [-0.1, -0.05) is 19.3 Å². The van der Waals surface area contributed by atoms with E-state index < -0.39 is 0 Å². The van der Waals surface area contributed by atoms with Crippen LogP contribution in [0, 0.1) is 0 Å². The first-order chi connectivity index (χ1) is 11.2. The fourth-order valence-corrected chi connectivity index (χ4v) is 2.91. The molecular weight excluding hydrogens is 310 g/mol. The molecular formula is C17H25N3O2S. The Balaban J connectivity index is 1.90. The van der Waals surface area contributed by atoms with E-state index in [0.717, 1.165) is 17.1 Å². The molecule has 2 rings (SSSR count). The van der Waals surface area contributed by atoms with Gasteiger partial charge in [0.25, 0.3) is 0 Å².